The highest BCUT2D eigenvalue weighted by Gasteiger charge is 2.36. The van der Waals surface area contributed by atoms with Crippen molar-refractivity contribution in [1.29, 1.82) is 0 Å². The van der Waals surface area contributed by atoms with Crippen LogP contribution in [0.2, 0.25) is 0 Å². The maximum Gasteiger partial charge on any atom is 0.430 e. The van der Waals surface area contributed by atoms with Crippen molar-refractivity contribution in [3.63, 3.8) is 0 Å². The molecule has 3 heterocycles. The molecule has 0 aliphatic carbocycles. The van der Waals surface area contributed by atoms with Crippen molar-refractivity contribution in [3.8, 4) is 33.9 Å². The predicted octanol–water partition coefficient (Wildman–Crippen LogP) is 4.52. The van der Waals surface area contributed by atoms with Gasteiger partial charge < -0.3 is 57.1 Å². The van der Waals surface area contributed by atoms with Gasteiger partial charge in [0.2, 0.25) is 23.6 Å². The van der Waals surface area contributed by atoms with Crippen molar-refractivity contribution in [3.05, 3.63) is 107 Å². The van der Waals surface area contributed by atoms with Gasteiger partial charge in [0, 0.05) is 43.1 Å². The molecule has 4 atom stereocenters. The maximum absolute atomic E-state index is 14.5. The number of unbranched alkanes of at least 4 members (excludes halogenated alkanes) is 7. The molecule has 19 nitrogen and oxygen atoms in total. The number of aryl methyl sites for hydroxylation is 1. The van der Waals surface area contributed by atoms with Crippen LogP contribution in [0.3, 0.4) is 0 Å². The summed E-state index contributed by atoms with van der Waals surface area (Å²) >= 11 is 0. The van der Waals surface area contributed by atoms with E-state index in [0.717, 1.165) is 29.0 Å². The van der Waals surface area contributed by atoms with Crippen LogP contribution >= 0.6 is 0 Å². The topological polar surface area (TPSA) is 300 Å². The largest absolute Gasteiger partial charge is 0.542 e. The number of nitrogens with zero attached hydrogens (tertiary/aromatic N) is 3. The molecule has 22 heteroatoms. The first-order chi connectivity index (χ1) is 36.6. The number of alkyl halides is 3. The molecule has 6 rings (SSSR count). The molecule has 0 unspecified atom stereocenters. The van der Waals surface area contributed by atoms with Crippen LogP contribution in [0.5, 0.6) is 11.5 Å². The van der Waals surface area contributed by atoms with Crippen LogP contribution in [0, 0.1) is 0 Å². The molecule has 77 heavy (non-hydrogen) atoms. The second kappa shape index (κ2) is 28.2. The lowest BCUT2D eigenvalue weighted by atomic mass is 9.93. The third kappa shape index (κ3) is 16.7. The molecule has 1 aliphatic heterocycles. The second-order valence-electron chi connectivity index (χ2n) is 18.9. The quantitative estimate of drug-likeness (QED) is 0.0471. The molecule has 0 fully saturated rings. The standard InChI is InChI=1S/C53H66N8O9.C2HF3O2/c1-4-5-6-7-8-9-10-14-34-18-21-36(22-19-34)43-16-13-17-44-40(32-56-61(43)44)50(66)55-28-26-47(64)58-41(15-11-12-27-54)52(68)60(3)48-37-23-25-46(63)39(31-37)38-29-35(20-24-45(38)62)30-42(53(69)70)59-49(65)33(2)57-51(48)67;3-2(4,5)1(6)7/h13,16-25,29,31-33,41-42,48,62-63H,4-12,14-15,26-28,30,54H2,1-3H3,(H,55,66)(H,57,67)(H,58,64)(H,59,65)(H,69,70);(H,6,7)/t33-,41-,42-,48-;/m0./s1. The molecule has 0 spiro atoms. The number of phenolic OH excluding ortho intramolecular Hbond substituents is 2. The lowest BCUT2D eigenvalue weighted by molar-refractivity contribution is -0.368. The fourth-order valence-corrected chi connectivity index (χ4v) is 8.85. The van der Waals surface area contributed by atoms with Crippen LogP contribution in [-0.4, -0.2) is 116 Å². The van der Waals surface area contributed by atoms with Crippen LogP contribution in [0.25, 0.3) is 27.9 Å². The highest BCUT2D eigenvalue weighted by atomic mass is 19.4. The zero-order chi connectivity index (χ0) is 56.4. The van der Waals surface area contributed by atoms with Gasteiger partial charge in [0.15, 0.2) is 0 Å². The molecule has 0 radical (unpaired) electrons. The van der Waals surface area contributed by atoms with Crippen molar-refractivity contribution in [1.82, 2.24) is 35.8 Å². The summed E-state index contributed by atoms with van der Waals surface area (Å²) in [6.07, 6.45) is 7.12. The minimum Gasteiger partial charge on any atom is -0.542 e. The second-order valence-corrected chi connectivity index (χ2v) is 18.9. The van der Waals surface area contributed by atoms with E-state index in [2.05, 4.69) is 63.3 Å². The zero-order valence-corrected chi connectivity index (χ0v) is 43.3. The number of nitrogens with one attached hydrogen (secondary N) is 4. The number of pyridine rings is 1. The van der Waals surface area contributed by atoms with Gasteiger partial charge in [0.05, 0.1) is 29.5 Å². The molecule has 0 saturated heterocycles. The van der Waals surface area contributed by atoms with Crippen molar-refractivity contribution in [2.24, 2.45) is 0 Å². The number of aromatic nitrogens is 2. The van der Waals surface area contributed by atoms with Crippen LogP contribution in [0.1, 0.15) is 118 Å². The Bertz CT molecular complexity index is 2880. The number of hydrogen-bond donors (Lipinski definition) is 8. The van der Waals surface area contributed by atoms with E-state index in [1.165, 1.54) is 101 Å². The normalized spacial score (nSPS) is 15.9. The summed E-state index contributed by atoms with van der Waals surface area (Å²) in [6.45, 7) is 4.12. The van der Waals surface area contributed by atoms with E-state index in [0.29, 0.717) is 36.0 Å². The number of carbonyl (C=O) groups is 7. The Kier molecular flexibility index (Phi) is 21.9. The molecule has 1 aliphatic rings. The molecule has 5 amide bonds. The lowest BCUT2D eigenvalue weighted by Gasteiger charge is -2.32. The fraction of sp³-hybridized carbons (Fsp3) is 0.418. The van der Waals surface area contributed by atoms with Gasteiger partial charge in [-0.05, 0) is 92.1 Å². The van der Waals surface area contributed by atoms with Crippen molar-refractivity contribution in [2.75, 3.05) is 20.1 Å². The first-order valence-corrected chi connectivity index (χ1v) is 25.6. The van der Waals surface area contributed by atoms with E-state index in [1.807, 2.05) is 12.1 Å². The highest BCUT2D eigenvalue weighted by Crippen LogP contribution is 2.39. The Labute approximate surface area is 443 Å². The van der Waals surface area contributed by atoms with E-state index in [1.54, 1.807) is 10.6 Å². The monoisotopic (exact) mass is 1070 g/mol. The summed E-state index contributed by atoms with van der Waals surface area (Å²) in [5, 5.41) is 55.9. The Morgan fingerprint density at radius 1 is 0.870 bits per heavy atom. The molecular weight excluding hydrogens is 1010 g/mol. The van der Waals surface area contributed by atoms with Gasteiger partial charge in [-0.25, -0.2) is 9.31 Å². The minimum absolute atomic E-state index is 0.0599. The van der Waals surface area contributed by atoms with Gasteiger partial charge >= 0.3 is 12.1 Å². The number of aromatic hydroxyl groups is 2. The Morgan fingerprint density at radius 3 is 2.17 bits per heavy atom. The van der Waals surface area contributed by atoms with E-state index < -0.39 is 71.8 Å². The smallest absolute Gasteiger partial charge is 0.430 e. The summed E-state index contributed by atoms with van der Waals surface area (Å²) in [6, 6.07) is 17.3. The van der Waals surface area contributed by atoms with E-state index in [9.17, 15) is 57.3 Å². The van der Waals surface area contributed by atoms with Crippen LogP contribution < -0.4 is 32.1 Å². The molecule has 3 aromatic carbocycles. The number of rotatable bonds is 21. The number of quaternary nitrogens is 1. The summed E-state index contributed by atoms with van der Waals surface area (Å²) in [4.78, 5) is 91.3. The first-order valence-electron chi connectivity index (χ1n) is 25.6. The number of halogens is 3. The number of carboxylic acid groups (broad SMARTS) is 2. The van der Waals surface area contributed by atoms with Gasteiger partial charge in [-0.2, -0.15) is 18.3 Å². The molecule has 2 aromatic heterocycles. The van der Waals surface area contributed by atoms with Gasteiger partial charge in [-0.15, -0.1) is 0 Å². The number of aliphatic carboxylic acids is 2. The summed E-state index contributed by atoms with van der Waals surface area (Å²) in [5.74, 6) is -8.06. The van der Waals surface area contributed by atoms with Crippen LogP contribution in [0.15, 0.2) is 85.1 Å². The highest BCUT2D eigenvalue weighted by molar-refractivity contribution is 6.01. The van der Waals surface area contributed by atoms with Crippen LogP contribution in [-0.2, 0) is 41.6 Å². The van der Waals surface area contributed by atoms with Gasteiger partial charge in [0.1, 0.15) is 41.6 Å². The number of fused-ring (bicyclic) bond motifs is 6. The lowest BCUT2D eigenvalue weighted by Crippen LogP contribution is -2.55. The third-order valence-corrected chi connectivity index (χ3v) is 13.1. The minimum atomic E-state index is -5.19. The Balaban J connectivity index is 0.00000146. The van der Waals surface area contributed by atoms with E-state index >= 15 is 0 Å². The number of phenols is 2. The van der Waals surface area contributed by atoms with E-state index in [4.69, 9.17) is 9.90 Å². The number of amides is 5. The molecular formula is C55H67F3N8O11. The average molecular weight is 1070 g/mol. The predicted molar refractivity (Wildman–Crippen MR) is 275 cm³/mol. The van der Waals surface area contributed by atoms with Gasteiger partial charge in [-0.3, -0.25) is 24.0 Å². The Morgan fingerprint density at radius 2 is 1.52 bits per heavy atom. The van der Waals surface area contributed by atoms with Gasteiger partial charge in [-0.1, -0.05) is 87.9 Å². The van der Waals surface area contributed by atoms with Crippen molar-refractivity contribution >= 4 is 47.0 Å². The SMILES string of the molecule is CCCCCCCCCc1ccc(-c2cccc3c(C(=O)NCCC(=O)N[C@@H](CCCC[NH3+])C(=O)N(C)[C@@H]4C(=O)N[C@@H](C)C(=O)N[C@H](C(=O)O)Cc5ccc(O)c(c5)-c5cc4ccc5O)cnn23)cc1.O=C([O-])C(F)(F)F. The molecule has 414 valence electrons. The average Bonchev–Trinajstić information content (AvgIpc) is 3.86. The van der Waals surface area contributed by atoms with Gasteiger partial charge in [0.25, 0.3) is 5.91 Å². The fourth-order valence-electron chi connectivity index (χ4n) is 8.85. The summed E-state index contributed by atoms with van der Waals surface area (Å²) in [7, 11) is 1.38. The number of likely N-dealkylation sites (N-methyl/N-ethyl adjacent to an activating group) is 1. The first kappa shape index (κ1) is 59.9. The number of hydrogen-bond acceptors (Lipinski definition) is 11. The van der Waals surface area contributed by atoms with Crippen molar-refractivity contribution in [2.45, 2.75) is 128 Å². The molecule has 4 bridgehead atoms. The Hall–Kier alpha value is -8.01. The molecule has 5 aromatic rings. The molecule has 10 N–H and O–H groups in total. The summed E-state index contributed by atoms with van der Waals surface area (Å²) < 4.78 is 33.3. The maximum atomic E-state index is 14.5. The zero-order valence-electron chi connectivity index (χ0n) is 43.3. The number of benzene rings is 3. The van der Waals surface area contributed by atoms with Crippen LogP contribution in [0.4, 0.5) is 13.2 Å². The van der Waals surface area contributed by atoms with E-state index in [-0.39, 0.29) is 54.0 Å². The number of carbonyl (C=O) groups excluding carboxylic acids is 6. The molecule has 0 saturated carbocycles. The third-order valence-electron chi connectivity index (χ3n) is 13.1. The summed E-state index contributed by atoms with van der Waals surface area (Å²) in [5.41, 5.74) is 8.74. The number of carboxylic acids is 2. The van der Waals surface area contributed by atoms with Crippen molar-refractivity contribution < 1.29 is 72.9 Å².